The normalized spacial score (nSPS) is 11.1. The van der Waals surface area contributed by atoms with E-state index in [1.165, 1.54) is 22.1 Å². The number of H-pyrrole nitrogens is 1. The minimum absolute atomic E-state index is 0.00983. The first-order valence-corrected chi connectivity index (χ1v) is 6.02. The van der Waals surface area contributed by atoms with Gasteiger partial charge in [-0.1, -0.05) is 0 Å². The highest BCUT2D eigenvalue weighted by Gasteiger charge is 2.06. The van der Waals surface area contributed by atoms with E-state index < -0.39 is 11.2 Å². The Balaban J connectivity index is 2.02. The molecule has 3 rings (SSSR count). The number of hydrogen-bond donors (Lipinski definition) is 2. The van der Waals surface area contributed by atoms with Crippen LogP contribution in [-0.4, -0.2) is 18.9 Å². The lowest BCUT2D eigenvalue weighted by Gasteiger charge is -2.02. The third-order valence-electron chi connectivity index (χ3n) is 2.51. The van der Waals surface area contributed by atoms with E-state index in [0.717, 1.165) is 10.7 Å². The Kier molecular flexibility index (Phi) is 2.30. The van der Waals surface area contributed by atoms with Gasteiger partial charge in [0, 0.05) is 24.0 Å². The first-order chi connectivity index (χ1) is 8.63. The van der Waals surface area contributed by atoms with Crippen LogP contribution in [0.15, 0.2) is 33.6 Å². The van der Waals surface area contributed by atoms with E-state index in [0.29, 0.717) is 0 Å². The van der Waals surface area contributed by atoms with E-state index in [4.69, 9.17) is 5.73 Å². The van der Waals surface area contributed by atoms with Crippen LogP contribution in [0.4, 0.5) is 5.69 Å². The molecular formula is C10H9N5O2S. The molecule has 0 spiro atoms. The van der Waals surface area contributed by atoms with Crippen molar-refractivity contribution in [2.45, 2.75) is 6.54 Å². The van der Waals surface area contributed by atoms with E-state index in [-0.39, 0.29) is 12.2 Å². The molecule has 3 aromatic rings. The Morgan fingerprint density at radius 3 is 3.00 bits per heavy atom. The molecule has 3 heterocycles. The van der Waals surface area contributed by atoms with E-state index in [1.807, 2.05) is 22.2 Å². The summed E-state index contributed by atoms with van der Waals surface area (Å²) in [7, 11) is 0. The first kappa shape index (κ1) is 10.8. The second-order valence-corrected chi connectivity index (χ2v) is 4.67. The summed E-state index contributed by atoms with van der Waals surface area (Å²) in [5.74, 6) is 0. The van der Waals surface area contributed by atoms with E-state index in [1.54, 1.807) is 0 Å². The molecule has 0 amide bonds. The molecule has 7 nitrogen and oxygen atoms in total. The Morgan fingerprint density at radius 2 is 2.22 bits per heavy atom. The van der Waals surface area contributed by atoms with Crippen molar-refractivity contribution >= 4 is 22.0 Å². The number of thiazole rings is 1. The molecule has 0 saturated carbocycles. The zero-order valence-corrected chi connectivity index (χ0v) is 9.98. The molecule has 18 heavy (non-hydrogen) atoms. The zero-order valence-electron chi connectivity index (χ0n) is 9.16. The van der Waals surface area contributed by atoms with Crippen molar-refractivity contribution in [1.29, 1.82) is 0 Å². The summed E-state index contributed by atoms with van der Waals surface area (Å²) in [6, 6.07) is 0. The number of aromatic nitrogens is 4. The summed E-state index contributed by atoms with van der Waals surface area (Å²) in [6.07, 6.45) is 5.05. The molecule has 0 bridgehead atoms. The minimum Gasteiger partial charge on any atom is -0.393 e. The fraction of sp³-hybridized carbons (Fsp3) is 0.100. The number of fused-ring (bicyclic) bond motifs is 1. The minimum atomic E-state index is -0.568. The van der Waals surface area contributed by atoms with E-state index in [2.05, 4.69) is 9.97 Å². The van der Waals surface area contributed by atoms with Gasteiger partial charge in [0.05, 0.1) is 12.2 Å². The number of aromatic amines is 1. The van der Waals surface area contributed by atoms with Crippen LogP contribution >= 0.6 is 11.3 Å². The molecule has 92 valence electrons. The molecule has 0 atom stereocenters. The van der Waals surface area contributed by atoms with Crippen LogP contribution in [0.2, 0.25) is 0 Å². The molecule has 3 N–H and O–H groups in total. The van der Waals surface area contributed by atoms with Crippen LogP contribution < -0.4 is 17.0 Å². The number of nitrogens with one attached hydrogen (secondary N) is 1. The van der Waals surface area contributed by atoms with E-state index in [9.17, 15) is 9.59 Å². The fourth-order valence-electron chi connectivity index (χ4n) is 1.67. The number of imidazole rings is 1. The largest absolute Gasteiger partial charge is 0.393 e. The van der Waals surface area contributed by atoms with Gasteiger partial charge in [0.1, 0.15) is 5.69 Å². The van der Waals surface area contributed by atoms with Crippen LogP contribution in [0.3, 0.4) is 0 Å². The lowest BCUT2D eigenvalue weighted by atomic mass is 10.4. The Bertz CT molecular complexity index is 796. The molecule has 0 aliphatic rings. The maximum absolute atomic E-state index is 11.6. The number of nitrogens with zero attached hydrogens (tertiary/aromatic N) is 3. The topological polar surface area (TPSA) is 98.2 Å². The van der Waals surface area contributed by atoms with Crippen molar-refractivity contribution in [3.63, 3.8) is 0 Å². The fourth-order valence-corrected chi connectivity index (χ4v) is 2.39. The first-order valence-electron chi connectivity index (χ1n) is 5.14. The van der Waals surface area contributed by atoms with Crippen LogP contribution in [-0.2, 0) is 6.54 Å². The lowest BCUT2D eigenvalue weighted by Crippen LogP contribution is -2.31. The highest BCUT2D eigenvalue weighted by Crippen LogP contribution is 2.11. The van der Waals surface area contributed by atoms with Gasteiger partial charge in [-0.2, -0.15) is 0 Å². The number of rotatable bonds is 2. The summed E-state index contributed by atoms with van der Waals surface area (Å²) in [5.41, 5.74) is 5.15. The second-order valence-electron chi connectivity index (χ2n) is 3.80. The molecule has 3 aromatic heterocycles. The molecule has 0 radical (unpaired) electrons. The summed E-state index contributed by atoms with van der Waals surface area (Å²) in [4.78, 5) is 30.1. The monoisotopic (exact) mass is 263 g/mol. The number of hydrogen-bond acceptors (Lipinski definition) is 5. The zero-order chi connectivity index (χ0) is 12.7. The standard InChI is InChI=1S/C10H9N5O2S/c11-7-5-15(9(17)13-8(7)16)4-6-3-14-1-2-18-10(14)12-6/h1-3,5H,4,11H2,(H,13,16,17). The van der Waals surface area contributed by atoms with Gasteiger partial charge in [-0.15, -0.1) is 11.3 Å². The molecule has 0 aromatic carbocycles. The van der Waals surface area contributed by atoms with Gasteiger partial charge in [0.25, 0.3) is 5.56 Å². The molecule has 8 heteroatoms. The number of nitrogens with two attached hydrogens (primary N) is 1. The molecule has 0 saturated heterocycles. The van der Waals surface area contributed by atoms with Crippen LogP contribution in [0.5, 0.6) is 0 Å². The van der Waals surface area contributed by atoms with Crippen molar-refractivity contribution in [2.75, 3.05) is 5.73 Å². The predicted octanol–water partition coefficient (Wildman–Crippen LogP) is -0.124. The van der Waals surface area contributed by atoms with E-state index >= 15 is 0 Å². The summed E-state index contributed by atoms with van der Waals surface area (Å²) < 4.78 is 3.20. The van der Waals surface area contributed by atoms with Gasteiger partial charge in [0.15, 0.2) is 4.96 Å². The van der Waals surface area contributed by atoms with Gasteiger partial charge in [-0.25, -0.2) is 9.78 Å². The van der Waals surface area contributed by atoms with Crippen LogP contribution in [0.25, 0.3) is 4.96 Å². The highest BCUT2D eigenvalue weighted by molar-refractivity contribution is 7.15. The quantitative estimate of drug-likeness (QED) is 0.673. The maximum atomic E-state index is 11.6. The Labute approximate surface area is 104 Å². The Morgan fingerprint density at radius 1 is 1.39 bits per heavy atom. The average molecular weight is 263 g/mol. The molecule has 0 unspecified atom stereocenters. The summed E-state index contributed by atoms with van der Waals surface area (Å²) >= 11 is 1.51. The predicted molar refractivity (Wildman–Crippen MR) is 67.9 cm³/mol. The third-order valence-corrected chi connectivity index (χ3v) is 3.28. The number of anilines is 1. The van der Waals surface area contributed by atoms with Gasteiger partial charge >= 0.3 is 5.69 Å². The highest BCUT2D eigenvalue weighted by atomic mass is 32.1. The average Bonchev–Trinajstić information content (AvgIpc) is 2.86. The van der Waals surface area contributed by atoms with Crippen molar-refractivity contribution in [1.82, 2.24) is 18.9 Å². The maximum Gasteiger partial charge on any atom is 0.328 e. The molecule has 0 aliphatic heterocycles. The van der Waals surface area contributed by atoms with Crippen molar-refractivity contribution in [2.24, 2.45) is 0 Å². The van der Waals surface area contributed by atoms with Crippen LogP contribution in [0, 0.1) is 0 Å². The summed E-state index contributed by atoms with van der Waals surface area (Å²) in [5, 5.41) is 1.93. The lowest BCUT2D eigenvalue weighted by molar-refractivity contribution is 0.711. The molecule has 0 aliphatic carbocycles. The van der Waals surface area contributed by atoms with Crippen LogP contribution in [0.1, 0.15) is 5.69 Å². The third kappa shape index (κ3) is 1.72. The van der Waals surface area contributed by atoms with Gasteiger partial charge < -0.3 is 5.73 Å². The number of nitrogen functional groups attached to an aromatic ring is 1. The molecular weight excluding hydrogens is 254 g/mol. The smallest absolute Gasteiger partial charge is 0.328 e. The summed E-state index contributed by atoms with van der Waals surface area (Å²) in [6.45, 7) is 0.272. The Hall–Kier alpha value is -2.35. The van der Waals surface area contributed by atoms with Crippen molar-refractivity contribution in [3.05, 3.63) is 50.5 Å². The van der Waals surface area contributed by atoms with Crippen molar-refractivity contribution in [3.8, 4) is 0 Å². The van der Waals surface area contributed by atoms with Gasteiger partial charge in [-0.05, 0) is 0 Å². The van der Waals surface area contributed by atoms with Gasteiger partial charge in [0.2, 0.25) is 0 Å². The van der Waals surface area contributed by atoms with Crippen molar-refractivity contribution < 1.29 is 0 Å². The molecule has 0 fully saturated rings. The SMILES string of the molecule is Nc1cn(Cc2cn3ccsc3n2)c(=O)[nH]c1=O. The second kappa shape index (κ2) is 3.84. The van der Waals surface area contributed by atoms with Gasteiger partial charge in [-0.3, -0.25) is 18.7 Å².